The molecular formula is C11H9ClF3NO2. The molecule has 0 radical (unpaired) electrons. The van der Waals surface area contributed by atoms with Crippen LogP contribution in [0, 0.1) is 5.92 Å². The van der Waals surface area contributed by atoms with Crippen molar-refractivity contribution in [2.24, 2.45) is 5.92 Å². The third kappa shape index (κ3) is 2.43. The molecule has 0 atom stereocenters. The summed E-state index contributed by atoms with van der Waals surface area (Å²) in [5.74, 6) is -1.51. The zero-order chi connectivity index (χ0) is 13.5. The Morgan fingerprint density at radius 2 is 2.06 bits per heavy atom. The van der Waals surface area contributed by atoms with E-state index in [0.29, 0.717) is 18.5 Å². The smallest absolute Gasteiger partial charge is 0.417 e. The van der Waals surface area contributed by atoms with Gasteiger partial charge in [0.2, 0.25) is 0 Å². The third-order valence-corrected chi connectivity index (χ3v) is 3.37. The van der Waals surface area contributed by atoms with Gasteiger partial charge in [-0.05, 0) is 18.9 Å². The Morgan fingerprint density at radius 1 is 1.44 bits per heavy atom. The van der Waals surface area contributed by atoms with Crippen molar-refractivity contribution in [2.45, 2.75) is 24.9 Å². The Hall–Kier alpha value is -1.30. The van der Waals surface area contributed by atoms with Crippen molar-refractivity contribution in [3.8, 4) is 0 Å². The number of aromatic nitrogens is 1. The van der Waals surface area contributed by atoms with Crippen LogP contribution in [0.15, 0.2) is 12.3 Å². The van der Waals surface area contributed by atoms with Crippen molar-refractivity contribution >= 4 is 17.6 Å². The molecule has 18 heavy (non-hydrogen) atoms. The number of hydrogen-bond acceptors (Lipinski definition) is 2. The summed E-state index contributed by atoms with van der Waals surface area (Å²) >= 11 is 5.76. The molecule has 0 bridgehead atoms. The Balaban J connectivity index is 2.15. The zero-order valence-corrected chi connectivity index (χ0v) is 9.79. The van der Waals surface area contributed by atoms with Gasteiger partial charge < -0.3 is 5.11 Å². The topological polar surface area (TPSA) is 50.2 Å². The number of carbonyl (C=O) groups is 1. The fourth-order valence-electron chi connectivity index (χ4n) is 1.95. The van der Waals surface area contributed by atoms with Crippen LogP contribution in [0.25, 0.3) is 0 Å². The fourth-order valence-corrected chi connectivity index (χ4v) is 2.27. The largest absolute Gasteiger partial charge is 0.481 e. The highest BCUT2D eigenvalue weighted by Crippen LogP contribution is 2.44. The predicted octanol–water partition coefficient (Wildman–Crippen LogP) is 3.33. The number of carboxylic acids is 1. The minimum Gasteiger partial charge on any atom is -0.481 e. The van der Waals surface area contributed by atoms with Crippen molar-refractivity contribution in [1.82, 2.24) is 4.98 Å². The summed E-state index contributed by atoms with van der Waals surface area (Å²) in [4.78, 5) is 14.3. The van der Waals surface area contributed by atoms with Crippen LogP contribution in [0.2, 0.25) is 5.02 Å². The molecule has 1 aliphatic carbocycles. The summed E-state index contributed by atoms with van der Waals surface area (Å²) in [7, 11) is 0. The normalized spacial score (nSPS) is 23.6. The van der Waals surface area contributed by atoms with E-state index >= 15 is 0 Å². The van der Waals surface area contributed by atoms with Crippen LogP contribution in [-0.4, -0.2) is 16.1 Å². The second-order valence-electron chi connectivity index (χ2n) is 4.29. The highest BCUT2D eigenvalue weighted by atomic mass is 35.5. The third-order valence-electron chi connectivity index (χ3n) is 3.07. The Labute approximate surface area is 106 Å². The molecule has 1 aliphatic rings. The van der Waals surface area contributed by atoms with Crippen LogP contribution in [-0.2, 0) is 11.0 Å². The van der Waals surface area contributed by atoms with E-state index in [1.807, 2.05) is 0 Å². The lowest BCUT2D eigenvalue weighted by molar-refractivity contribution is -0.145. The lowest BCUT2D eigenvalue weighted by atomic mass is 9.73. The van der Waals surface area contributed by atoms with Gasteiger partial charge in [-0.2, -0.15) is 13.2 Å². The van der Waals surface area contributed by atoms with Gasteiger partial charge in [-0.1, -0.05) is 11.6 Å². The quantitative estimate of drug-likeness (QED) is 0.903. The predicted molar refractivity (Wildman–Crippen MR) is 57.3 cm³/mol. The summed E-state index contributed by atoms with van der Waals surface area (Å²) in [5, 5.41) is 8.66. The number of rotatable bonds is 2. The summed E-state index contributed by atoms with van der Waals surface area (Å²) in [6.07, 6.45) is -3.01. The van der Waals surface area contributed by atoms with E-state index < -0.39 is 23.6 Å². The molecule has 2 rings (SSSR count). The van der Waals surface area contributed by atoms with Crippen molar-refractivity contribution in [1.29, 1.82) is 0 Å². The van der Waals surface area contributed by atoms with Gasteiger partial charge in [-0.3, -0.25) is 9.78 Å². The SMILES string of the molecule is O=C(O)C1CC(c2ncc(C(F)(F)F)cc2Cl)C1. The van der Waals surface area contributed by atoms with Crippen LogP contribution in [0.3, 0.4) is 0 Å². The van der Waals surface area contributed by atoms with E-state index in [0.717, 1.165) is 12.3 Å². The van der Waals surface area contributed by atoms with E-state index in [4.69, 9.17) is 16.7 Å². The van der Waals surface area contributed by atoms with Crippen LogP contribution in [0.1, 0.15) is 30.0 Å². The molecule has 0 unspecified atom stereocenters. The maximum absolute atomic E-state index is 12.4. The van der Waals surface area contributed by atoms with Gasteiger partial charge in [0.25, 0.3) is 0 Å². The number of alkyl halides is 3. The molecule has 0 saturated heterocycles. The summed E-state index contributed by atoms with van der Waals surface area (Å²) in [5.41, 5.74) is -0.549. The van der Waals surface area contributed by atoms with Crippen LogP contribution >= 0.6 is 11.6 Å². The lowest BCUT2D eigenvalue weighted by Gasteiger charge is -2.32. The first-order valence-electron chi connectivity index (χ1n) is 5.24. The lowest BCUT2D eigenvalue weighted by Crippen LogP contribution is -2.29. The van der Waals surface area contributed by atoms with E-state index in [2.05, 4.69) is 4.98 Å². The van der Waals surface area contributed by atoms with E-state index in [-0.39, 0.29) is 10.9 Å². The van der Waals surface area contributed by atoms with Crippen LogP contribution < -0.4 is 0 Å². The molecule has 0 spiro atoms. The number of halogens is 4. The van der Waals surface area contributed by atoms with Crippen molar-refractivity contribution < 1.29 is 23.1 Å². The second kappa shape index (κ2) is 4.42. The van der Waals surface area contributed by atoms with Gasteiger partial charge in [-0.25, -0.2) is 0 Å². The van der Waals surface area contributed by atoms with Gasteiger partial charge in [0.1, 0.15) is 0 Å². The minimum atomic E-state index is -4.47. The molecule has 3 nitrogen and oxygen atoms in total. The average Bonchev–Trinajstić information content (AvgIpc) is 2.15. The number of hydrogen-bond donors (Lipinski definition) is 1. The number of carboxylic acid groups (broad SMARTS) is 1. The van der Waals surface area contributed by atoms with E-state index in [1.54, 1.807) is 0 Å². The number of nitrogens with zero attached hydrogens (tertiary/aromatic N) is 1. The van der Waals surface area contributed by atoms with Gasteiger partial charge in [0, 0.05) is 12.1 Å². The van der Waals surface area contributed by atoms with Gasteiger partial charge in [0.15, 0.2) is 0 Å². The van der Waals surface area contributed by atoms with Crippen molar-refractivity contribution in [2.75, 3.05) is 0 Å². The molecule has 0 amide bonds. The molecule has 1 aromatic rings. The first-order valence-corrected chi connectivity index (χ1v) is 5.62. The summed E-state index contributed by atoms with van der Waals surface area (Å²) in [6.45, 7) is 0. The molecule has 0 aromatic carbocycles. The van der Waals surface area contributed by atoms with E-state index in [9.17, 15) is 18.0 Å². The molecule has 1 N–H and O–H groups in total. The molecule has 1 fully saturated rings. The maximum Gasteiger partial charge on any atom is 0.417 e. The highest BCUT2D eigenvalue weighted by Gasteiger charge is 2.38. The van der Waals surface area contributed by atoms with Gasteiger partial charge in [-0.15, -0.1) is 0 Å². The molecule has 0 aliphatic heterocycles. The summed E-state index contributed by atoms with van der Waals surface area (Å²) in [6, 6.07) is 0.831. The van der Waals surface area contributed by atoms with Crippen LogP contribution in [0.4, 0.5) is 13.2 Å². The van der Waals surface area contributed by atoms with E-state index in [1.165, 1.54) is 0 Å². The monoisotopic (exact) mass is 279 g/mol. The fraction of sp³-hybridized carbons (Fsp3) is 0.455. The Kier molecular flexibility index (Phi) is 3.23. The number of pyridine rings is 1. The maximum atomic E-state index is 12.4. The highest BCUT2D eigenvalue weighted by molar-refractivity contribution is 6.31. The van der Waals surface area contributed by atoms with Gasteiger partial charge >= 0.3 is 12.1 Å². The molecule has 98 valence electrons. The molecule has 1 aromatic heterocycles. The molecular weight excluding hydrogens is 271 g/mol. The molecule has 1 saturated carbocycles. The Bertz CT molecular complexity index is 484. The number of aliphatic carboxylic acids is 1. The van der Waals surface area contributed by atoms with Crippen molar-refractivity contribution in [3.63, 3.8) is 0 Å². The van der Waals surface area contributed by atoms with Crippen LogP contribution in [0.5, 0.6) is 0 Å². The average molecular weight is 280 g/mol. The zero-order valence-electron chi connectivity index (χ0n) is 9.04. The van der Waals surface area contributed by atoms with Crippen molar-refractivity contribution in [3.05, 3.63) is 28.5 Å². The molecule has 1 heterocycles. The Morgan fingerprint density at radius 3 is 2.50 bits per heavy atom. The summed E-state index contributed by atoms with van der Waals surface area (Å²) < 4.78 is 37.2. The molecule has 7 heteroatoms. The van der Waals surface area contributed by atoms with Gasteiger partial charge in [0.05, 0.1) is 22.2 Å². The first-order chi connectivity index (χ1) is 8.29. The minimum absolute atomic E-state index is 0.0568. The first kappa shape index (κ1) is 13.1. The second-order valence-corrected chi connectivity index (χ2v) is 4.70. The standard InChI is InChI=1S/C11H9ClF3NO2/c12-8-3-7(11(13,14)15)4-16-9(8)5-1-6(2-5)10(17)18/h3-6H,1-2H2,(H,17,18).